The summed E-state index contributed by atoms with van der Waals surface area (Å²) in [5, 5.41) is 24.2. The molecule has 3 atom stereocenters. The summed E-state index contributed by atoms with van der Waals surface area (Å²) >= 11 is 3.49. The molecule has 1 heterocycles. The lowest BCUT2D eigenvalue weighted by atomic mass is 9.75. The molecule has 118 valence electrons. The highest BCUT2D eigenvalue weighted by Gasteiger charge is 2.40. The van der Waals surface area contributed by atoms with Crippen molar-refractivity contribution in [3.05, 3.63) is 63.6 Å². The van der Waals surface area contributed by atoms with Crippen molar-refractivity contribution in [1.82, 2.24) is 0 Å². The lowest BCUT2D eigenvalue weighted by molar-refractivity contribution is 0.395. The number of benzene rings is 2. The quantitative estimate of drug-likeness (QED) is 0.488. The van der Waals surface area contributed by atoms with E-state index in [4.69, 9.17) is 0 Å². The smallest absolute Gasteiger partial charge is 0.139 e. The van der Waals surface area contributed by atoms with Gasteiger partial charge in [-0.3, -0.25) is 0 Å². The number of rotatable bonds is 1. The molecule has 4 rings (SSSR count). The number of anilines is 1. The average Bonchev–Trinajstić information content (AvgIpc) is 3.02. The van der Waals surface area contributed by atoms with Gasteiger partial charge in [-0.25, -0.2) is 0 Å². The molecule has 0 fully saturated rings. The Morgan fingerprint density at radius 2 is 1.91 bits per heavy atom. The molecule has 2 aliphatic rings. The van der Waals surface area contributed by atoms with Gasteiger partial charge in [-0.2, -0.15) is 0 Å². The van der Waals surface area contributed by atoms with Crippen molar-refractivity contribution in [2.45, 2.75) is 25.3 Å². The Hall–Kier alpha value is -1.94. The Balaban J connectivity index is 1.88. The molecule has 23 heavy (non-hydrogen) atoms. The number of nitrogens with one attached hydrogen (secondary N) is 1. The van der Waals surface area contributed by atoms with Gasteiger partial charge in [0.05, 0.1) is 11.7 Å². The molecule has 2 aromatic rings. The summed E-state index contributed by atoms with van der Waals surface area (Å²) in [7, 11) is 0. The molecule has 1 aliphatic heterocycles. The molecule has 3 nitrogen and oxygen atoms in total. The van der Waals surface area contributed by atoms with Gasteiger partial charge >= 0.3 is 0 Å². The number of allylic oxidation sites excluding steroid dienone is 2. The summed E-state index contributed by atoms with van der Waals surface area (Å²) in [4.78, 5) is 0. The van der Waals surface area contributed by atoms with Crippen molar-refractivity contribution < 1.29 is 10.2 Å². The summed E-state index contributed by atoms with van der Waals surface area (Å²) < 4.78 is 0.939. The summed E-state index contributed by atoms with van der Waals surface area (Å²) in [5.41, 5.74) is 4.02. The van der Waals surface area contributed by atoms with Gasteiger partial charge in [0, 0.05) is 16.0 Å². The summed E-state index contributed by atoms with van der Waals surface area (Å²) in [6, 6.07) is 9.17. The number of fused-ring (bicyclic) bond motifs is 3. The standard InChI is InChI=1S/C19H18BrNO2/c1-10-5-7-16(23)19-17(10)12-3-2-4-13(12)18(21-19)14-9-11(20)6-8-15(14)22/h2-3,5-9,12-13,18,21-23H,4H2,1H3. The minimum atomic E-state index is -0.0345. The number of halogens is 1. The SMILES string of the molecule is Cc1ccc(O)c2c1C1C=CCC1C(c1cc(Br)ccc1O)N2. The van der Waals surface area contributed by atoms with Crippen LogP contribution in [0, 0.1) is 12.8 Å². The Labute approximate surface area is 143 Å². The molecular formula is C19H18BrNO2. The molecule has 3 unspecified atom stereocenters. The summed E-state index contributed by atoms with van der Waals surface area (Å²) in [5.74, 6) is 1.15. The maximum absolute atomic E-state index is 10.3. The van der Waals surface area contributed by atoms with E-state index in [0.717, 1.165) is 22.1 Å². The maximum atomic E-state index is 10.3. The van der Waals surface area contributed by atoms with Crippen LogP contribution < -0.4 is 5.32 Å². The van der Waals surface area contributed by atoms with E-state index in [0.29, 0.717) is 5.92 Å². The van der Waals surface area contributed by atoms with E-state index in [1.807, 2.05) is 18.2 Å². The van der Waals surface area contributed by atoms with Crippen LogP contribution in [-0.4, -0.2) is 10.2 Å². The largest absolute Gasteiger partial charge is 0.508 e. The Bertz CT molecular complexity index is 815. The van der Waals surface area contributed by atoms with Gasteiger partial charge in [0.2, 0.25) is 0 Å². The molecular weight excluding hydrogens is 354 g/mol. The van der Waals surface area contributed by atoms with Crippen molar-refractivity contribution in [3.63, 3.8) is 0 Å². The first kappa shape index (κ1) is 14.6. The first-order valence-corrected chi connectivity index (χ1v) is 8.59. The third-order valence-electron chi connectivity index (χ3n) is 5.04. The van der Waals surface area contributed by atoms with E-state index in [2.05, 4.69) is 40.3 Å². The van der Waals surface area contributed by atoms with Crippen LogP contribution in [0.3, 0.4) is 0 Å². The molecule has 0 amide bonds. The minimum Gasteiger partial charge on any atom is -0.508 e. The third-order valence-corrected chi connectivity index (χ3v) is 5.53. The summed E-state index contributed by atoms with van der Waals surface area (Å²) in [6.45, 7) is 2.08. The number of aryl methyl sites for hydroxylation is 1. The molecule has 1 aliphatic carbocycles. The van der Waals surface area contributed by atoms with Gasteiger partial charge < -0.3 is 15.5 Å². The molecule has 0 aromatic heterocycles. The van der Waals surface area contributed by atoms with Gasteiger partial charge in [-0.05, 0) is 54.7 Å². The van der Waals surface area contributed by atoms with Gasteiger partial charge in [0.15, 0.2) is 0 Å². The van der Waals surface area contributed by atoms with Crippen molar-refractivity contribution in [1.29, 1.82) is 0 Å². The van der Waals surface area contributed by atoms with Crippen molar-refractivity contribution in [2.75, 3.05) is 5.32 Å². The zero-order valence-corrected chi connectivity index (χ0v) is 14.3. The van der Waals surface area contributed by atoms with E-state index in [1.165, 1.54) is 11.1 Å². The average molecular weight is 372 g/mol. The second-order valence-electron chi connectivity index (χ2n) is 6.37. The monoisotopic (exact) mass is 371 g/mol. The van der Waals surface area contributed by atoms with E-state index in [9.17, 15) is 10.2 Å². The third kappa shape index (κ3) is 2.24. The van der Waals surface area contributed by atoms with Gasteiger partial charge in [-0.1, -0.05) is 34.1 Å². The molecule has 0 bridgehead atoms. The number of hydrogen-bond donors (Lipinski definition) is 3. The highest BCUT2D eigenvalue weighted by atomic mass is 79.9. The normalized spacial score (nSPS) is 24.9. The molecule has 0 saturated carbocycles. The van der Waals surface area contributed by atoms with Crippen LogP contribution in [0.4, 0.5) is 5.69 Å². The molecule has 2 aromatic carbocycles. The van der Waals surface area contributed by atoms with Gasteiger partial charge in [0.1, 0.15) is 11.5 Å². The zero-order chi connectivity index (χ0) is 16.1. The van der Waals surface area contributed by atoms with E-state index < -0.39 is 0 Å². The number of hydrogen-bond acceptors (Lipinski definition) is 3. The first-order chi connectivity index (χ1) is 11.1. The number of phenolic OH excluding ortho intramolecular Hbond substituents is 2. The fourth-order valence-corrected chi connectivity index (χ4v) is 4.34. The van der Waals surface area contributed by atoms with Gasteiger partial charge in [0.25, 0.3) is 0 Å². The Morgan fingerprint density at radius 3 is 2.74 bits per heavy atom. The predicted octanol–water partition coefficient (Wildman–Crippen LogP) is 5.00. The minimum absolute atomic E-state index is 0.0345. The van der Waals surface area contributed by atoms with Crippen LogP contribution in [0.25, 0.3) is 0 Å². The van der Waals surface area contributed by atoms with Crippen molar-refractivity contribution >= 4 is 21.6 Å². The van der Waals surface area contributed by atoms with Crippen LogP contribution in [0.5, 0.6) is 11.5 Å². The second kappa shape index (κ2) is 5.31. The van der Waals surface area contributed by atoms with Gasteiger partial charge in [-0.15, -0.1) is 0 Å². The predicted molar refractivity (Wildman–Crippen MR) is 95.0 cm³/mol. The molecule has 0 spiro atoms. The topological polar surface area (TPSA) is 52.5 Å². The molecule has 0 radical (unpaired) electrons. The van der Waals surface area contributed by atoms with Crippen LogP contribution in [0.2, 0.25) is 0 Å². The van der Waals surface area contributed by atoms with Crippen LogP contribution in [0.15, 0.2) is 47.0 Å². The van der Waals surface area contributed by atoms with E-state index in [1.54, 1.807) is 12.1 Å². The lowest BCUT2D eigenvalue weighted by Crippen LogP contribution is -2.29. The maximum Gasteiger partial charge on any atom is 0.139 e. The summed E-state index contributed by atoms with van der Waals surface area (Å²) in [6.07, 6.45) is 5.40. The zero-order valence-electron chi connectivity index (χ0n) is 12.8. The highest BCUT2D eigenvalue weighted by molar-refractivity contribution is 9.10. The van der Waals surface area contributed by atoms with Crippen LogP contribution >= 0.6 is 15.9 Å². The van der Waals surface area contributed by atoms with E-state index in [-0.39, 0.29) is 23.5 Å². The van der Waals surface area contributed by atoms with Crippen LogP contribution in [0.1, 0.15) is 35.1 Å². The van der Waals surface area contributed by atoms with Crippen molar-refractivity contribution in [2.24, 2.45) is 5.92 Å². The fourth-order valence-electron chi connectivity index (χ4n) is 3.96. The lowest BCUT2D eigenvalue weighted by Gasteiger charge is -2.38. The van der Waals surface area contributed by atoms with Crippen molar-refractivity contribution in [3.8, 4) is 11.5 Å². The molecule has 3 N–H and O–H groups in total. The second-order valence-corrected chi connectivity index (χ2v) is 7.28. The Kier molecular flexibility index (Phi) is 3.38. The number of phenols is 2. The molecule has 4 heteroatoms. The fraction of sp³-hybridized carbons (Fsp3) is 0.263. The van der Waals surface area contributed by atoms with E-state index >= 15 is 0 Å². The highest BCUT2D eigenvalue weighted by Crippen LogP contribution is 2.54. The Morgan fingerprint density at radius 1 is 1.13 bits per heavy atom. The number of aromatic hydroxyl groups is 2. The van der Waals surface area contributed by atoms with Crippen LogP contribution in [-0.2, 0) is 0 Å². The first-order valence-electron chi connectivity index (χ1n) is 7.80. The molecule has 0 saturated heterocycles.